The number of oxazole rings is 1. The Balaban J connectivity index is 2.90. The van der Waals surface area contributed by atoms with E-state index in [0.29, 0.717) is 3.90 Å². The summed E-state index contributed by atoms with van der Waals surface area (Å²) in [5, 5.41) is 0. The summed E-state index contributed by atoms with van der Waals surface area (Å²) in [5.74, 6) is 0. The van der Waals surface area contributed by atoms with Gasteiger partial charge >= 0.3 is 0 Å². The minimum absolute atomic E-state index is 0.701. The lowest BCUT2D eigenvalue weighted by Crippen LogP contribution is -1.73. The van der Waals surface area contributed by atoms with Crippen LogP contribution in [0.4, 0.5) is 0 Å². The molecule has 2 aromatic rings. The average molecular weight is 259 g/mol. The van der Waals surface area contributed by atoms with Gasteiger partial charge in [0.15, 0.2) is 5.58 Å². The SMILES string of the molecule is Cc1cccc2oc(I)nc12. The van der Waals surface area contributed by atoms with E-state index in [1.54, 1.807) is 0 Å². The van der Waals surface area contributed by atoms with Crippen molar-refractivity contribution in [1.82, 2.24) is 4.98 Å². The van der Waals surface area contributed by atoms with Crippen molar-refractivity contribution >= 4 is 33.7 Å². The first-order valence-corrected chi connectivity index (χ1v) is 4.37. The Morgan fingerprint density at radius 2 is 2.27 bits per heavy atom. The van der Waals surface area contributed by atoms with Crippen LogP contribution in [0.25, 0.3) is 11.1 Å². The van der Waals surface area contributed by atoms with Crippen molar-refractivity contribution in [3.8, 4) is 0 Å². The topological polar surface area (TPSA) is 26.0 Å². The summed E-state index contributed by atoms with van der Waals surface area (Å²) in [5.41, 5.74) is 3.00. The second-order valence-electron chi connectivity index (χ2n) is 2.39. The van der Waals surface area contributed by atoms with Gasteiger partial charge in [-0.15, -0.1) is 0 Å². The fourth-order valence-electron chi connectivity index (χ4n) is 1.06. The highest BCUT2D eigenvalue weighted by molar-refractivity contribution is 14.1. The lowest BCUT2D eigenvalue weighted by molar-refractivity contribution is 0.566. The van der Waals surface area contributed by atoms with Gasteiger partial charge in [-0.25, -0.2) is 4.98 Å². The molecule has 0 radical (unpaired) electrons. The third-order valence-electron chi connectivity index (χ3n) is 1.59. The number of para-hydroxylation sites is 1. The molecule has 0 fully saturated rings. The van der Waals surface area contributed by atoms with Gasteiger partial charge in [-0.1, -0.05) is 12.1 Å². The van der Waals surface area contributed by atoms with Crippen molar-refractivity contribution in [3.63, 3.8) is 0 Å². The number of aryl methyl sites for hydroxylation is 1. The zero-order valence-electron chi connectivity index (χ0n) is 5.97. The summed E-state index contributed by atoms with van der Waals surface area (Å²) in [6.07, 6.45) is 0. The Morgan fingerprint density at radius 3 is 3.00 bits per heavy atom. The normalized spacial score (nSPS) is 10.7. The molecule has 0 unspecified atom stereocenters. The molecule has 0 saturated heterocycles. The van der Waals surface area contributed by atoms with E-state index in [9.17, 15) is 0 Å². The lowest BCUT2D eigenvalue weighted by Gasteiger charge is -1.88. The van der Waals surface area contributed by atoms with E-state index in [4.69, 9.17) is 4.42 Å². The second-order valence-corrected chi connectivity index (χ2v) is 3.31. The van der Waals surface area contributed by atoms with E-state index in [1.165, 1.54) is 0 Å². The summed E-state index contributed by atoms with van der Waals surface area (Å²) in [6.45, 7) is 2.03. The van der Waals surface area contributed by atoms with Crippen LogP contribution >= 0.6 is 22.6 Å². The van der Waals surface area contributed by atoms with Crippen LogP contribution in [0.2, 0.25) is 0 Å². The molecule has 11 heavy (non-hydrogen) atoms. The van der Waals surface area contributed by atoms with Gasteiger partial charge in [0.25, 0.3) is 3.90 Å². The summed E-state index contributed by atoms with van der Waals surface area (Å²) in [4.78, 5) is 4.23. The van der Waals surface area contributed by atoms with Crippen LogP contribution in [0.1, 0.15) is 5.56 Å². The van der Waals surface area contributed by atoms with E-state index >= 15 is 0 Å². The predicted molar refractivity (Wildman–Crippen MR) is 51.5 cm³/mol. The highest BCUT2D eigenvalue weighted by Crippen LogP contribution is 2.19. The number of rotatable bonds is 0. The number of aromatic nitrogens is 1. The first kappa shape index (κ1) is 7.09. The molecule has 2 nitrogen and oxygen atoms in total. The molecule has 0 N–H and O–H groups in total. The van der Waals surface area contributed by atoms with Gasteiger partial charge in [-0.3, -0.25) is 0 Å². The largest absolute Gasteiger partial charge is 0.432 e. The van der Waals surface area contributed by atoms with Crippen LogP contribution in [0.15, 0.2) is 22.6 Å². The van der Waals surface area contributed by atoms with Gasteiger partial charge in [-0.05, 0) is 18.6 Å². The van der Waals surface area contributed by atoms with Crippen LogP contribution in [-0.4, -0.2) is 4.98 Å². The molecule has 2 rings (SSSR count). The second kappa shape index (κ2) is 2.48. The molecule has 0 atom stereocenters. The maximum Gasteiger partial charge on any atom is 0.258 e. The highest BCUT2D eigenvalue weighted by Gasteiger charge is 2.03. The quantitative estimate of drug-likeness (QED) is 0.680. The van der Waals surface area contributed by atoms with E-state index in [2.05, 4.69) is 27.6 Å². The van der Waals surface area contributed by atoms with Crippen LogP contribution < -0.4 is 0 Å². The van der Waals surface area contributed by atoms with Crippen molar-refractivity contribution in [2.24, 2.45) is 0 Å². The fraction of sp³-hybridized carbons (Fsp3) is 0.125. The Labute approximate surface area is 77.8 Å². The van der Waals surface area contributed by atoms with E-state index in [1.807, 2.05) is 25.1 Å². The predicted octanol–water partition coefficient (Wildman–Crippen LogP) is 2.74. The Kier molecular flexibility index (Phi) is 1.60. The molecular weight excluding hydrogens is 253 g/mol. The van der Waals surface area contributed by atoms with Crippen LogP contribution in [0, 0.1) is 10.8 Å². The number of fused-ring (bicyclic) bond motifs is 1. The first-order valence-electron chi connectivity index (χ1n) is 3.29. The lowest BCUT2D eigenvalue weighted by atomic mass is 10.2. The molecule has 0 aliphatic heterocycles. The van der Waals surface area contributed by atoms with E-state index in [0.717, 1.165) is 16.7 Å². The minimum atomic E-state index is 0.701. The third-order valence-corrected chi connectivity index (χ3v) is 2.06. The molecule has 0 aliphatic rings. The summed E-state index contributed by atoms with van der Waals surface area (Å²) in [6, 6.07) is 5.93. The van der Waals surface area contributed by atoms with E-state index in [-0.39, 0.29) is 0 Å². The van der Waals surface area contributed by atoms with Gasteiger partial charge in [0.2, 0.25) is 0 Å². The van der Waals surface area contributed by atoms with Crippen molar-refractivity contribution in [1.29, 1.82) is 0 Å². The molecular formula is C8H6INO. The first-order chi connectivity index (χ1) is 5.27. The maximum atomic E-state index is 5.32. The van der Waals surface area contributed by atoms with Crippen LogP contribution in [0.3, 0.4) is 0 Å². The van der Waals surface area contributed by atoms with E-state index < -0.39 is 0 Å². The zero-order chi connectivity index (χ0) is 7.84. The smallest absolute Gasteiger partial charge is 0.258 e. The molecule has 3 heteroatoms. The third kappa shape index (κ3) is 1.13. The Bertz CT molecular complexity index is 394. The van der Waals surface area contributed by atoms with Gasteiger partial charge in [0.05, 0.1) is 0 Å². The summed E-state index contributed by atoms with van der Waals surface area (Å²) < 4.78 is 6.03. The molecule has 56 valence electrons. The molecule has 1 aromatic carbocycles. The number of benzene rings is 1. The fourth-order valence-corrected chi connectivity index (χ4v) is 1.54. The number of hydrogen-bond donors (Lipinski definition) is 0. The van der Waals surface area contributed by atoms with Crippen molar-refractivity contribution in [2.75, 3.05) is 0 Å². The van der Waals surface area contributed by atoms with Crippen LogP contribution in [-0.2, 0) is 0 Å². The molecule has 0 bridgehead atoms. The molecule has 1 aromatic heterocycles. The Morgan fingerprint density at radius 1 is 1.45 bits per heavy atom. The monoisotopic (exact) mass is 259 g/mol. The standard InChI is InChI=1S/C8H6INO/c1-5-3-2-4-6-7(5)10-8(9)11-6/h2-4H,1H3. The summed E-state index contributed by atoms with van der Waals surface area (Å²) >= 11 is 2.07. The molecule has 1 heterocycles. The average Bonchev–Trinajstić information content (AvgIpc) is 2.31. The Hall–Kier alpha value is -0.580. The molecule has 0 spiro atoms. The summed E-state index contributed by atoms with van der Waals surface area (Å²) in [7, 11) is 0. The number of halogens is 1. The van der Waals surface area contributed by atoms with Crippen LogP contribution in [0.5, 0.6) is 0 Å². The molecule has 0 saturated carbocycles. The van der Waals surface area contributed by atoms with Crippen molar-refractivity contribution < 1.29 is 4.42 Å². The number of nitrogens with zero attached hydrogens (tertiary/aromatic N) is 1. The molecule has 0 aliphatic carbocycles. The van der Waals surface area contributed by atoms with Gasteiger partial charge in [0, 0.05) is 22.6 Å². The van der Waals surface area contributed by atoms with Crippen molar-refractivity contribution in [2.45, 2.75) is 6.92 Å². The minimum Gasteiger partial charge on any atom is -0.432 e. The maximum absolute atomic E-state index is 5.32. The van der Waals surface area contributed by atoms with Gasteiger partial charge < -0.3 is 4.42 Å². The highest BCUT2D eigenvalue weighted by atomic mass is 127. The number of hydrogen-bond acceptors (Lipinski definition) is 2. The zero-order valence-corrected chi connectivity index (χ0v) is 8.12. The van der Waals surface area contributed by atoms with Gasteiger partial charge in [-0.2, -0.15) is 0 Å². The molecule has 0 amide bonds. The van der Waals surface area contributed by atoms with Crippen molar-refractivity contribution in [3.05, 3.63) is 27.7 Å². The van der Waals surface area contributed by atoms with Gasteiger partial charge in [0.1, 0.15) is 5.52 Å².